The highest BCUT2D eigenvalue weighted by molar-refractivity contribution is 5.97. The largest absolute Gasteiger partial charge is 0.490 e. The van der Waals surface area contributed by atoms with Gasteiger partial charge >= 0.3 is 0 Å². The summed E-state index contributed by atoms with van der Waals surface area (Å²) in [6.07, 6.45) is 2.19. The van der Waals surface area contributed by atoms with Crippen LogP contribution in [0.1, 0.15) is 41.3 Å². The SMILES string of the molecule is CC1CN(Cc2ccc(C#N)cc2)CCN1C(=O)c1ccccc1OCC1CCCO1. The Morgan fingerprint density at radius 2 is 2.00 bits per heavy atom. The van der Waals surface area contributed by atoms with E-state index in [9.17, 15) is 4.79 Å². The van der Waals surface area contributed by atoms with Crippen molar-refractivity contribution in [3.05, 3.63) is 65.2 Å². The summed E-state index contributed by atoms with van der Waals surface area (Å²) in [6, 6.07) is 17.5. The van der Waals surface area contributed by atoms with Crippen LogP contribution in [0.4, 0.5) is 0 Å². The summed E-state index contributed by atoms with van der Waals surface area (Å²) in [5.74, 6) is 0.656. The third-order valence-corrected chi connectivity index (χ3v) is 6.03. The van der Waals surface area contributed by atoms with Gasteiger partial charge in [0.25, 0.3) is 5.91 Å². The van der Waals surface area contributed by atoms with Gasteiger partial charge in [-0.05, 0) is 49.6 Å². The summed E-state index contributed by atoms with van der Waals surface area (Å²) in [7, 11) is 0. The highest BCUT2D eigenvalue weighted by Gasteiger charge is 2.29. The van der Waals surface area contributed by atoms with E-state index < -0.39 is 0 Å². The van der Waals surface area contributed by atoms with Crippen molar-refractivity contribution in [2.45, 2.75) is 38.5 Å². The smallest absolute Gasteiger partial charge is 0.257 e. The Morgan fingerprint density at radius 3 is 2.71 bits per heavy atom. The zero-order chi connectivity index (χ0) is 21.6. The van der Waals surface area contributed by atoms with Crippen molar-refractivity contribution >= 4 is 5.91 Å². The molecule has 0 bridgehead atoms. The van der Waals surface area contributed by atoms with Gasteiger partial charge in [0, 0.05) is 38.8 Å². The Bertz CT molecular complexity index is 932. The lowest BCUT2D eigenvalue weighted by Crippen LogP contribution is -2.53. The van der Waals surface area contributed by atoms with E-state index in [1.807, 2.05) is 53.4 Å². The number of amides is 1. The summed E-state index contributed by atoms with van der Waals surface area (Å²) in [4.78, 5) is 17.6. The van der Waals surface area contributed by atoms with E-state index in [0.29, 0.717) is 30.0 Å². The van der Waals surface area contributed by atoms with Crippen LogP contribution in [-0.2, 0) is 11.3 Å². The Morgan fingerprint density at radius 1 is 1.19 bits per heavy atom. The van der Waals surface area contributed by atoms with Crippen LogP contribution >= 0.6 is 0 Å². The first-order valence-electron chi connectivity index (χ1n) is 11.0. The number of hydrogen-bond acceptors (Lipinski definition) is 5. The van der Waals surface area contributed by atoms with Gasteiger partial charge in [0.1, 0.15) is 12.4 Å². The molecule has 2 unspecified atom stereocenters. The number of carbonyl (C=O) groups is 1. The standard InChI is InChI=1S/C25H29N3O3/c1-19-16-27(17-21-10-8-20(15-26)9-11-21)12-13-28(19)25(29)23-6-2-3-7-24(23)31-18-22-5-4-14-30-22/h2-3,6-11,19,22H,4-5,12-14,16-18H2,1H3. The molecule has 2 aromatic rings. The normalized spacial score (nSPS) is 21.6. The van der Waals surface area contributed by atoms with Gasteiger partial charge in [-0.2, -0.15) is 5.26 Å². The third-order valence-electron chi connectivity index (χ3n) is 6.03. The molecule has 0 spiro atoms. The Balaban J connectivity index is 1.37. The first-order chi connectivity index (χ1) is 15.1. The number of nitrogens with zero attached hydrogens (tertiary/aromatic N) is 3. The number of piperazine rings is 1. The van der Waals surface area contributed by atoms with Crippen LogP contribution in [0.5, 0.6) is 5.75 Å². The van der Waals surface area contributed by atoms with Gasteiger partial charge in [-0.3, -0.25) is 9.69 Å². The van der Waals surface area contributed by atoms with Crippen molar-refractivity contribution in [1.29, 1.82) is 5.26 Å². The highest BCUT2D eigenvalue weighted by atomic mass is 16.5. The maximum absolute atomic E-state index is 13.3. The van der Waals surface area contributed by atoms with E-state index in [1.54, 1.807) is 0 Å². The number of benzene rings is 2. The molecule has 31 heavy (non-hydrogen) atoms. The molecule has 4 rings (SSSR count). The molecule has 0 aromatic heterocycles. The van der Waals surface area contributed by atoms with Gasteiger partial charge in [0.2, 0.25) is 0 Å². The lowest BCUT2D eigenvalue weighted by Gasteiger charge is -2.40. The maximum atomic E-state index is 13.3. The molecule has 162 valence electrons. The molecule has 2 fully saturated rings. The molecule has 2 aromatic carbocycles. The maximum Gasteiger partial charge on any atom is 0.257 e. The second-order valence-corrected chi connectivity index (χ2v) is 8.33. The van der Waals surface area contributed by atoms with Crippen LogP contribution in [0.2, 0.25) is 0 Å². The second kappa shape index (κ2) is 9.95. The summed E-state index contributed by atoms with van der Waals surface area (Å²) in [5.41, 5.74) is 2.47. The van der Waals surface area contributed by atoms with Crippen LogP contribution in [-0.4, -0.2) is 60.7 Å². The fourth-order valence-electron chi connectivity index (χ4n) is 4.30. The predicted octanol–water partition coefficient (Wildman–Crippen LogP) is 3.46. The van der Waals surface area contributed by atoms with E-state index in [2.05, 4.69) is 17.9 Å². The number of para-hydroxylation sites is 1. The van der Waals surface area contributed by atoms with Crippen molar-refractivity contribution in [2.75, 3.05) is 32.8 Å². The molecule has 0 N–H and O–H groups in total. The Hall–Kier alpha value is -2.88. The van der Waals surface area contributed by atoms with Crippen molar-refractivity contribution in [1.82, 2.24) is 9.80 Å². The van der Waals surface area contributed by atoms with Gasteiger partial charge in [-0.1, -0.05) is 24.3 Å². The number of rotatable bonds is 6. The molecule has 6 heteroatoms. The minimum absolute atomic E-state index is 0.0217. The Labute approximate surface area is 184 Å². The molecule has 2 heterocycles. The molecule has 0 radical (unpaired) electrons. The van der Waals surface area contributed by atoms with E-state index in [-0.39, 0.29) is 18.1 Å². The average molecular weight is 420 g/mol. The van der Waals surface area contributed by atoms with Gasteiger partial charge in [-0.15, -0.1) is 0 Å². The zero-order valence-electron chi connectivity index (χ0n) is 18.0. The lowest BCUT2D eigenvalue weighted by molar-refractivity contribution is 0.0461. The molecule has 2 aliphatic heterocycles. The van der Waals surface area contributed by atoms with Crippen molar-refractivity contribution in [3.63, 3.8) is 0 Å². The highest BCUT2D eigenvalue weighted by Crippen LogP contribution is 2.24. The van der Waals surface area contributed by atoms with Crippen molar-refractivity contribution < 1.29 is 14.3 Å². The van der Waals surface area contributed by atoms with E-state index in [1.165, 1.54) is 5.56 Å². The number of carbonyl (C=O) groups excluding carboxylic acids is 1. The van der Waals surface area contributed by atoms with E-state index in [0.717, 1.165) is 39.1 Å². The van der Waals surface area contributed by atoms with Crippen LogP contribution in [0, 0.1) is 11.3 Å². The molecule has 2 atom stereocenters. The third kappa shape index (κ3) is 5.25. The fraction of sp³-hybridized carbons (Fsp3) is 0.440. The molecule has 1 amide bonds. The number of hydrogen-bond donors (Lipinski definition) is 0. The molecule has 2 saturated heterocycles. The zero-order valence-corrected chi connectivity index (χ0v) is 18.0. The minimum Gasteiger partial charge on any atom is -0.490 e. The summed E-state index contributed by atoms with van der Waals surface area (Å²) in [5, 5.41) is 8.95. The van der Waals surface area contributed by atoms with E-state index in [4.69, 9.17) is 14.7 Å². The van der Waals surface area contributed by atoms with Crippen LogP contribution < -0.4 is 4.74 Å². The van der Waals surface area contributed by atoms with Gasteiger partial charge in [0.15, 0.2) is 0 Å². The molecular weight excluding hydrogens is 390 g/mol. The topological polar surface area (TPSA) is 65.8 Å². The van der Waals surface area contributed by atoms with Gasteiger partial charge in [0.05, 0.1) is 23.3 Å². The van der Waals surface area contributed by atoms with Crippen molar-refractivity contribution in [3.8, 4) is 11.8 Å². The predicted molar refractivity (Wildman–Crippen MR) is 118 cm³/mol. The van der Waals surface area contributed by atoms with Crippen molar-refractivity contribution in [2.24, 2.45) is 0 Å². The number of nitriles is 1. The molecule has 2 aliphatic rings. The summed E-state index contributed by atoms with van der Waals surface area (Å²) >= 11 is 0. The molecule has 0 saturated carbocycles. The second-order valence-electron chi connectivity index (χ2n) is 8.33. The first kappa shape index (κ1) is 21.4. The van der Waals surface area contributed by atoms with Gasteiger partial charge in [-0.25, -0.2) is 0 Å². The minimum atomic E-state index is 0.0217. The Kier molecular flexibility index (Phi) is 6.86. The average Bonchev–Trinajstić information content (AvgIpc) is 3.32. The fourth-order valence-corrected chi connectivity index (χ4v) is 4.30. The first-order valence-corrected chi connectivity index (χ1v) is 11.0. The van der Waals surface area contributed by atoms with Gasteiger partial charge < -0.3 is 14.4 Å². The molecular formula is C25H29N3O3. The molecule has 0 aliphatic carbocycles. The van der Waals surface area contributed by atoms with E-state index >= 15 is 0 Å². The van der Waals surface area contributed by atoms with Crippen LogP contribution in [0.25, 0.3) is 0 Å². The molecule has 6 nitrogen and oxygen atoms in total. The summed E-state index contributed by atoms with van der Waals surface area (Å²) in [6.45, 7) is 6.49. The number of ether oxygens (including phenoxy) is 2. The van der Waals surface area contributed by atoms with Crippen LogP contribution in [0.15, 0.2) is 48.5 Å². The lowest BCUT2D eigenvalue weighted by atomic mass is 10.1. The quantitative estimate of drug-likeness (QED) is 0.717. The monoisotopic (exact) mass is 419 g/mol. The van der Waals surface area contributed by atoms with Crippen LogP contribution in [0.3, 0.4) is 0 Å². The summed E-state index contributed by atoms with van der Waals surface area (Å²) < 4.78 is 11.6.